The van der Waals surface area contributed by atoms with Gasteiger partial charge in [-0.25, -0.2) is 0 Å². The van der Waals surface area contributed by atoms with Crippen LogP contribution in [0.2, 0.25) is 0 Å². The molecular formula is C19H33N3O2. The average molecular weight is 335 g/mol. The van der Waals surface area contributed by atoms with Gasteiger partial charge in [0.25, 0.3) is 0 Å². The Hall–Kier alpha value is -1.30. The molecule has 1 unspecified atom stereocenters. The summed E-state index contributed by atoms with van der Waals surface area (Å²) in [5.74, 6) is 1.67. The van der Waals surface area contributed by atoms with E-state index >= 15 is 0 Å². The summed E-state index contributed by atoms with van der Waals surface area (Å²) < 4.78 is 11.5. The maximum absolute atomic E-state index is 6.02. The standard InChI is InChI=1S/C19H33N3O2/c1-19(9-10-22(4)15-19)14-20-13-16-7-6-8-17(23-5)18(16)24-12-11-21(2)3/h6-8,20H,9-15H2,1-5H3. The minimum atomic E-state index is 0.361. The van der Waals surface area contributed by atoms with Crippen LogP contribution in [0.1, 0.15) is 18.9 Å². The van der Waals surface area contributed by atoms with Gasteiger partial charge in [-0.1, -0.05) is 19.1 Å². The molecule has 0 amide bonds. The van der Waals surface area contributed by atoms with Crippen molar-refractivity contribution in [2.45, 2.75) is 19.9 Å². The van der Waals surface area contributed by atoms with Gasteiger partial charge < -0.3 is 24.6 Å². The number of para-hydroxylation sites is 1. The number of likely N-dealkylation sites (N-methyl/N-ethyl adjacent to an activating group) is 1. The van der Waals surface area contributed by atoms with Gasteiger partial charge in [-0.2, -0.15) is 0 Å². The van der Waals surface area contributed by atoms with Crippen molar-refractivity contribution in [3.63, 3.8) is 0 Å². The van der Waals surface area contributed by atoms with Gasteiger partial charge in [-0.15, -0.1) is 0 Å². The largest absolute Gasteiger partial charge is 0.493 e. The van der Waals surface area contributed by atoms with Gasteiger partial charge in [0.05, 0.1) is 7.11 Å². The number of likely N-dealkylation sites (tertiary alicyclic amines) is 1. The first kappa shape index (κ1) is 19.0. The van der Waals surface area contributed by atoms with E-state index in [-0.39, 0.29) is 0 Å². The minimum absolute atomic E-state index is 0.361. The normalized spacial score (nSPS) is 21.4. The molecule has 5 heteroatoms. The summed E-state index contributed by atoms with van der Waals surface area (Å²) in [6.07, 6.45) is 1.25. The minimum Gasteiger partial charge on any atom is -0.493 e. The highest BCUT2D eigenvalue weighted by Gasteiger charge is 2.31. The highest BCUT2D eigenvalue weighted by atomic mass is 16.5. The van der Waals surface area contributed by atoms with Gasteiger partial charge in [0.2, 0.25) is 0 Å². The SMILES string of the molecule is COc1cccc(CNCC2(C)CCN(C)C2)c1OCCN(C)C. The number of hydrogen-bond acceptors (Lipinski definition) is 5. The molecule has 1 aliphatic heterocycles. The van der Waals surface area contributed by atoms with E-state index in [9.17, 15) is 0 Å². The van der Waals surface area contributed by atoms with E-state index in [4.69, 9.17) is 9.47 Å². The van der Waals surface area contributed by atoms with Crippen molar-refractivity contribution < 1.29 is 9.47 Å². The van der Waals surface area contributed by atoms with E-state index in [2.05, 4.69) is 35.2 Å². The molecule has 1 N–H and O–H groups in total. The number of nitrogens with one attached hydrogen (secondary N) is 1. The van der Waals surface area contributed by atoms with E-state index in [0.29, 0.717) is 12.0 Å². The van der Waals surface area contributed by atoms with Crippen LogP contribution in [0.3, 0.4) is 0 Å². The molecule has 1 heterocycles. The molecule has 136 valence electrons. The second-order valence-corrected chi connectivity index (χ2v) is 7.50. The molecule has 1 atom stereocenters. The molecule has 1 fully saturated rings. The zero-order valence-electron chi connectivity index (χ0n) is 15.9. The lowest BCUT2D eigenvalue weighted by molar-refractivity contribution is 0.247. The third kappa shape index (κ3) is 5.36. The predicted molar refractivity (Wildman–Crippen MR) is 99.0 cm³/mol. The van der Waals surface area contributed by atoms with Crippen LogP contribution in [-0.2, 0) is 6.54 Å². The highest BCUT2D eigenvalue weighted by molar-refractivity contribution is 5.46. The summed E-state index contributed by atoms with van der Waals surface area (Å²) in [7, 11) is 7.99. The molecule has 1 saturated heterocycles. The maximum atomic E-state index is 6.02. The molecule has 0 saturated carbocycles. The predicted octanol–water partition coefficient (Wildman–Crippen LogP) is 2.07. The summed E-state index contributed by atoms with van der Waals surface area (Å²) in [5, 5.41) is 3.62. The number of rotatable bonds is 9. The molecule has 1 aliphatic rings. The van der Waals surface area contributed by atoms with Crippen LogP contribution in [0.25, 0.3) is 0 Å². The molecule has 1 aromatic carbocycles. The number of ether oxygens (including phenoxy) is 2. The maximum Gasteiger partial charge on any atom is 0.165 e. The van der Waals surface area contributed by atoms with Gasteiger partial charge in [0, 0.05) is 31.7 Å². The third-order valence-corrected chi connectivity index (χ3v) is 4.68. The lowest BCUT2D eigenvalue weighted by atomic mass is 9.90. The van der Waals surface area contributed by atoms with E-state index in [1.165, 1.54) is 13.0 Å². The molecule has 2 rings (SSSR count). The Morgan fingerprint density at radius 3 is 2.75 bits per heavy atom. The Morgan fingerprint density at radius 2 is 2.12 bits per heavy atom. The van der Waals surface area contributed by atoms with Gasteiger partial charge in [-0.05, 0) is 45.6 Å². The van der Waals surface area contributed by atoms with Gasteiger partial charge >= 0.3 is 0 Å². The molecule has 5 nitrogen and oxygen atoms in total. The molecular weight excluding hydrogens is 302 g/mol. The van der Waals surface area contributed by atoms with Crippen LogP contribution in [0, 0.1) is 5.41 Å². The molecule has 0 aliphatic carbocycles. The van der Waals surface area contributed by atoms with Crippen molar-refractivity contribution in [3.8, 4) is 11.5 Å². The monoisotopic (exact) mass is 335 g/mol. The summed E-state index contributed by atoms with van der Waals surface area (Å²) in [6.45, 7) is 8.07. The van der Waals surface area contributed by atoms with Crippen molar-refractivity contribution in [1.29, 1.82) is 0 Å². The Bertz CT molecular complexity index is 521. The van der Waals surface area contributed by atoms with Crippen molar-refractivity contribution in [1.82, 2.24) is 15.1 Å². The first-order valence-electron chi connectivity index (χ1n) is 8.76. The van der Waals surface area contributed by atoms with E-state index in [1.54, 1.807) is 7.11 Å². The number of hydrogen-bond donors (Lipinski definition) is 1. The number of nitrogens with zero attached hydrogens (tertiary/aromatic N) is 2. The molecule has 0 bridgehead atoms. The zero-order chi connectivity index (χ0) is 17.6. The summed E-state index contributed by atoms with van der Waals surface area (Å²) in [6, 6.07) is 6.10. The molecule has 0 aromatic heterocycles. The topological polar surface area (TPSA) is 37.0 Å². The van der Waals surface area contributed by atoms with Crippen LogP contribution in [0.15, 0.2) is 18.2 Å². The fraction of sp³-hybridized carbons (Fsp3) is 0.684. The van der Waals surface area contributed by atoms with E-state index in [0.717, 1.165) is 43.2 Å². The second kappa shape index (κ2) is 8.70. The van der Waals surface area contributed by atoms with Gasteiger partial charge in [0.1, 0.15) is 6.61 Å². The Labute approximate surface area is 146 Å². The fourth-order valence-electron chi connectivity index (χ4n) is 3.27. The Balaban J connectivity index is 1.95. The van der Waals surface area contributed by atoms with Crippen molar-refractivity contribution >= 4 is 0 Å². The van der Waals surface area contributed by atoms with Crippen molar-refractivity contribution in [2.75, 3.05) is 61.0 Å². The quantitative estimate of drug-likeness (QED) is 0.748. The Kier molecular flexibility index (Phi) is 6.90. The van der Waals surface area contributed by atoms with Crippen LogP contribution in [0.4, 0.5) is 0 Å². The van der Waals surface area contributed by atoms with Gasteiger partial charge in [-0.3, -0.25) is 0 Å². The van der Waals surface area contributed by atoms with Crippen LogP contribution in [-0.4, -0.2) is 70.8 Å². The highest BCUT2D eigenvalue weighted by Crippen LogP contribution is 2.32. The second-order valence-electron chi connectivity index (χ2n) is 7.50. The van der Waals surface area contributed by atoms with Crippen molar-refractivity contribution in [3.05, 3.63) is 23.8 Å². The lowest BCUT2D eigenvalue weighted by Gasteiger charge is -2.24. The Morgan fingerprint density at radius 1 is 1.33 bits per heavy atom. The lowest BCUT2D eigenvalue weighted by Crippen LogP contribution is -2.33. The summed E-state index contributed by atoms with van der Waals surface area (Å²) in [5.41, 5.74) is 1.52. The third-order valence-electron chi connectivity index (χ3n) is 4.68. The first-order valence-corrected chi connectivity index (χ1v) is 8.76. The molecule has 0 spiro atoms. The summed E-state index contributed by atoms with van der Waals surface area (Å²) in [4.78, 5) is 4.52. The van der Waals surface area contributed by atoms with Crippen LogP contribution < -0.4 is 14.8 Å². The van der Waals surface area contributed by atoms with Crippen molar-refractivity contribution in [2.24, 2.45) is 5.41 Å². The molecule has 0 radical (unpaired) electrons. The van der Waals surface area contributed by atoms with Gasteiger partial charge in [0.15, 0.2) is 11.5 Å². The van der Waals surface area contributed by atoms with E-state index < -0.39 is 0 Å². The zero-order valence-corrected chi connectivity index (χ0v) is 15.9. The number of benzene rings is 1. The summed E-state index contributed by atoms with van der Waals surface area (Å²) >= 11 is 0. The van der Waals surface area contributed by atoms with E-state index in [1.807, 2.05) is 26.2 Å². The number of methoxy groups -OCH3 is 1. The first-order chi connectivity index (χ1) is 11.4. The smallest absolute Gasteiger partial charge is 0.165 e. The van der Waals surface area contributed by atoms with Crippen LogP contribution in [0.5, 0.6) is 11.5 Å². The fourth-order valence-corrected chi connectivity index (χ4v) is 3.27. The molecule has 1 aromatic rings. The average Bonchev–Trinajstić information content (AvgIpc) is 2.87. The van der Waals surface area contributed by atoms with Crippen LogP contribution >= 0.6 is 0 Å². The molecule has 24 heavy (non-hydrogen) atoms.